The van der Waals surface area contributed by atoms with Gasteiger partial charge in [-0.05, 0) is 43.0 Å². The minimum atomic E-state index is -0.206. The summed E-state index contributed by atoms with van der Waals surface area (Å²) in [5.41, 5.74) is 7.90. The van der Waals surface area contributed by atoms with E-state index in [0.29, 0.717) is 0 Å². The summed E-state index contributed by atoms with van der Waals surface area (Å²) in [6.45, 7) is 5.53. The van der Waals surface area contributed by atoms with Gasteiger partial charge in [-0.3, -0.25) is 0 Å². The van der Waals surface area contributed by atoms with Gasteiger partial charge in [0.15, 0.2) is 0 Å². The normalized spacial score (nSPS) is 11.7. The van der Waals surface area contributed by atoms with Gasteiger partial charge >= 0.3 is 0 Å². The molecule has 0 heterocycles. The zero-order valence-electron chi connectivity index (χ0n) is 8.87. The third-order valence-electron chi connectivity index (χ3n) is 2.31. The van der Waals surface area contributed by atoms with E-state index < -0.39 is 0 Å². The van der Waals surface area contributed by atoms with Crippen LogP contribution in [0.5, 0.6) is 0 Å². The zero-order valence-corrected chi connectivity index (χ0v) is 9.69. The van der Waals surface area contributed by atoms with Gasteiger partial charge < -0.3 is 5.73 Å². The highest BCUT2D eigenvalue weighted by molar-refractivity contribution is 5.85. The number of hydrogen-bond donors (Lipinski definition) is 1. The Bertz CT molecular complexity index is 325. The molecule has 1 nitrogen and oxygen atoms in total. The molecule has 0 aromatic heterocycles. The Kier molecular flexibility index (Phi) is 6.21. The molecule has 1 aromatic carbocycles. The average Bonchev–Trinajstić information content (AvgIpc) is 2.14. The van der Waals surface area contributed by atoms with Crippen LogP contribution in [-0.4, -0.2) is 0 Å². The van der Waals surface area contributed by atoms with Crippen LogP contribution in [0.1, 0.15) is 30.0 Å². The molecule has 0 aliphatic carbocycles. The quantitative estimate of drug-likeness (QED) is 0.786. The molecular weight excluding hydrogens is 213 g/mol. The average molecular weight is 230 g/mol. The molecule has 0 aliphatic rings. The zero-order chi connectivity index (χ0) is 10.6. The van der Waals surface area contributed by atoms with Crippen molar-refractivity contribution in [2.75, 3.05) is 0 Å². The second-order valence-electron chi connectivity index (χ2n) is 3.47. The van der Waals surface area contributed by atoms with Gasteiger partial charge in [-0.25, -0.2) is 4.39 Å². The fourth-order valence-electron chi connectivity index (χ4n) is 1.51. The van der Waals surface area contributed by atoms with Crippen molar-refractivity contribution in [3.63, 3.8) is 0 Å². The summed E-state index contributed by atoms with van der Waals surface area (Å²) in [5.74, 6) is -0.206. The minimum absolute atomic E-state index is 0. The van der Waals surface area contributed by atoms with Crippen LogP contribution in [0, 0.1) is 12.7 Å². The molecule has 3 heteroatoms. The predicted octanol–water partition coefficient (Wildman–Crippen LogP) is 3.52. The molecule has 0 fully saturated rings. The summed E-state index contributed by atoms with van der Waals surface area (Å²) in [6.07, 6.45) is 3.59. The summed E-state index contributed by atoms with van der Waals surface area (Å²) >= 11 is 0. The molecule has 84 valence electrons. The van der Waals surface area contributed by atoms with Crippen molar-refractivity contribution in [1.29, 1.82) is 0 Å². The van der Waals surface area contributed by atoms with E-state index in [1.54, 1.807) is 6.07 Å². The van der Waals surface area contributed by atoms with Crippen LogP contribution in [0.25, 0.3) is 0 Å². The SMILES string of the molecule is C=CCC[C@@H](N)c1ccc(F)cc1C.Cl. The lowest BCUT2D eigenvalue weighted by atomic mass is 9.98. The van der Waals surface area contributed by atoms with E-state index in [1.807, 2.05) is 13.0 Å². The summed E-state index contributed by atoms with van der Waals surface area (Å²) < 4.78 is 12.8. The lowest BCUT2D eigenvalue weighted by molar-refractivity contribution is 0.617. The smallest absolute Gasteiger partial charge is 0.123 e. The monoisotopic (exact) mass is 229 g/mol. The molecule has 0 saturated heterocycles. The topological polar surface area (TPSA) is 26.0 Å². The third-order valence-corrected chi connectivity index (χ3v) is 2.31. The Hall–Kier alpha value is -0.860. The first-order chi connectivity index (χ1) is 6.65. The van der Waals surface area contributed by atoms with Gasteiger partial charge in [-0.1, -0.05) is 12.1 Å². The minimum Gasteiger partial charge on any atom is -0.324 e. The molecular formula is C12H17ClFN. The first-order valence-electron chi connectivity index (χ1n) is 4.77. The van der Waals surface area contributed by atoms with Gasteiger partial charge in [0, 0.05) is 6.04 Å². The Labute approximate surface area is 96.6 Å². The molecule has 1 rings (SSSR count). The third kappa shape index (κ3) is 4.02. The van der Waals surface area contributed by atoms with E-state index in [1.165, 1.54) is 12.1 Å². The summed E-state index contributed by atoms with van der Waals surface area (Å²) in [5, 5.41) is 0. The number of aryl methyl sites for hydroxylation is 1. The first kappa shape index (κ1) is 14.1. The molecule has 15 heavy (non-hydrogen) atoms. The van der Waals surface area contributed by atoms with E-state index in [-0.39, 0.29) is 24.3 Å². The molecule has 0 amide bonds. The summed E-state index contributed by atoms with van der Waals surface area (Å²) in [7, 11) is 0. The molecule has 0 unspecified atom stereocenters. The predicted molar refractivity (Wildman–Crippen MR) is 64.7 cm³/mol. The maximum atomic E-state index is 12.8. The van der Waals surface area contributed by atoms with Crippen molar-refractivity contribution in [2.45, 2.75) is 25.8 Å². The van der Waals surface area contributed by atoms with Crippen LogP contribution in [0.15, 0.2) is 30.9 Å². The highest BCUT2D eigenvalue weighted by atomic mass is 35.5. The van der Waals surface area contributed by atoms with Crippen LogP contribution < -0.4 is 5.73 Å². The van der Waals surface area contributed by atoms with Gasteiger partial charge in [0.25, 0.3) is 0 Å². The number of halogens is 2. The second kappa shape index (κ2) is 6.59. The van der Waals surface area contributed by atoms with Crippen molar-refractivity contribution in [3.05, 3.63) is 47.8 Å². The van der Waals surface area contributed by atoms with Gasteiger partial charge in [0.1, 0.15) is 5.82 Å². The van der Waals surface area contributed by atoms with Crippen LogP contribution in [0.2, 0.25) is 0 Å². The summed E-state index contributed by atoms with van der Waals surface area (Å²) in [6, 6.07) is 4.71. The van der Waals surface area contributed by atoms with Crippen molar-refractivity contribution < 1.29 is 4.39 Å². The van der Waals surface area contributed by atoms with Crippen molar-refractivity contribution in [1.82, 2.24) is 0 Å². The fraction of sp³-hybridized carbons (Fsp3) is 0.333. The Morgan fingerprint density at radius 1 is 1.53 bits per heavy atom. The molecule has 0 bridgehead atoms. The van der Waals surface area contributed by atoms with Gasteiger partial charge in [-0.15, -0.1) is 19.0 Å². The van der Waals surface area contributed by atoms with E-state index in [0.717, 1.165) is 24.0 Å². The van der Waals surface area contributed by atoms with E-state index in [2.05, 4.69) is 6.58 Å². The number of nitrogens with two attached hydrogens (primary N) is 1. The van der Waals surface area contributed by atoms with Gasteiger partial charge in [0.2, 0.25) is 0 Å². The molecule has 1 atom stereocenters. The summed E-state index contributed by atoms with van der Waals surface area (Å²) in [4.78, 5) is 0. The second-order valence-corrected chi connectivity index (χ2v) is 3.47. The van der Waals surface area contributed by atoms with Crippen molar-refractivity contribution >= 4 is 12.4 Å². The van der Waals surface area contributed by atoms with E-state index >= 15 is 0 Å². The Balaban J connectivity index is 0.00000196. The molecule has 2 N–H and O–H groups in total. The highest BCUT2D eigenvalue weighted by Crippen LogP contribution is 2.20. The van der Waals surface area contributed by atoms with E-state index in [9.17, 15) is 4.39 Å². The Morgan fingerprint density at radius 3 is 2.73 bits per heavy atom. The Morgan fingerprint density at radius 2 is 2.20 bits per heavy atom. The van der Waals surface area contributed by atoms with E-state index in [4.69, 9.17) is 5.73 Å². The van der Waals surface area contributed by atoms with Crippen LogP contribution >= 0.6 is 12.4 Å². The number of benzene rings is 1. The number of allylic oxidation sites excluding steroid dienone is 1. The molecule has 0 aliphatic heterocycles. The molecule has 1 aromatic rings. The molecule has 0 saturated carbocycles. The number of rotatable bonds is 4. The molecule has 0 spiro atoms. The van der Waals surface area contributed by atoms with Crippen LogP contribution in [0.4, 0.5) is 4.39 Å². The standard InChI is InChI=1S/C12H16FN.ClH/c1-3-4-5-12(14)11-7-6-10(13)8-9(11)2;/h3,6-8,12H,1,4-5,14H2,2H3;1H/t12-;/m1./s1. The highest BCUT2D eigenvalue weighted by Gasteiger charge is 2.08. The fourth-order valence-corrected chi connectivity index (χ4v) is 1.51. The first-order valence-corrected chi connectivity index (χ1v) is 4.77. The maximum absolute atomic E-state index is 12.8. The molecule has 0 radical (unpaired) electrons. The van der Waals surface area contributed by atoms with Gasteiger partial charge in [0.05, 0.1) is 0 Å². The van der Waals surface area contributed by atoms with Crippen LogP contribution in [-0.2, 0) is 0 Å². The lowest BCUT2D eigenvalue weighted by Crippen LogP contribution is -2.11. The largest absolute Gasteiger partial charge is 0.324 e. The number of hydrogen-bond acceptors (Lipinski definition) is 1. The van der Waals surface area contributed by atoms with Crippen LogP contribution in [0.3, 0.4) is 0 Å². The van der Waals surface area contributed by atoms with Crippen molar-refractivity contribution in [2.24, 2.45) is 5.73 Å². The lowest BCUT2D eigenvalue weighted by Gasteiger charge is -2.13. The van der Waals surface area contributed by atoms with Gasteiger partial charge in [-0.2, -0.15) is 0 Å². The maximum Gasteiger partial charge on any atom is 0.123 e. The van der Waals surface area contributed by atoms with Crippen molar-refractivity contribution in [3.8, 4) is 0 Å².